The highest BCUT2D eigenvalue weighted by atomic mass is 16.7. The van der Waals surface area contributed by atoms with Crippen LogP contribution in [0.15, 0.2) is 24.3 Å². The average Bonchev–Trinajstić information content (AvgIpc) is 2.96. The van der Waals surface area contributed by atoms with Gasteiger partial charge in [0.2, 0.25) is 0 Å². The van der Waals surface area contributed by atoms with Crippen LogP contribution < -0.4 is 18.9 Å². The first-order chi connectivity index (χ1) is 19.2. The standard InChI is InChI=1S/C32H45N2O6/c1-8-21-19-34(3)12-10-23-16-30(37-5)32(39-7)18-26(23)28(34)14-24(21)13-27-25-17-31(38-6)29(36-4)15-22(25)9-11-33(27)40-20(2)35/h15-18,21,24,27-28H,8-14,19H2,1-7H3/q+1/t21-,24-,27+,28+,34+/m1/s1. The van der Waals surface area contributed by atoms with Crippen molar-refractivity contribution >= 4 is 5.97 Å². The minimum absolute atomic E-state index is 0.0446. The molecule has 0 saturated carbocycles. The molecule has 2 aromatic rings. The molecule has 0 amide bonds. The Kier molecular flexibility index (Phi) is 8.20. The summed E-state index contributed by atoms with van der Waals surface area (Å²) in [5.41, 5.74) is 5.15. The second-order valence-corrected chi connectivity index (χ2v) is 11.9. The van der Waals surface area contributed by atoms with Gasteiger partial charge in [0.1, 0.15) is 6.04 Å². The number of likely N-dealkylation sites (N-methyl/N-ethyl adjacent to an activating group) is 1. The number of nitrogens with zero attached hydrogens (tertiary/aromatic N) is 2. The first-order valence-corrected chi connectivity index (χ1v) is 14.5. The van der Waals surface area contributed by atoms with Crippen molar-refractivity contribution in [3.8, 4) is 23.0 Å². The van der Waals surface area contributed by atoms with Gasteiger partial charge in [0.05, 0.1) is 54.6 Å². The van der Waals surface area contributed by atoms with E-state index in [0.29, 0.717) is 30.2 Å². The summed E-state index contributed by atoms with van der Waals surface area (Å²) in [6.45, 7) is 6.73. The number of quaternary nitrogens is 1. The molecule has 8 nitrogen and oxygen atoms in total. The Balaban J connectivity index is 1.52. The number of methoxy groups -OCH3 is 4. The molecule has 0 N–H and O–H groups in total. The fourth-order valence-corrected chi connectivity index (χ4v) is 7.66. The van der Waals surface area contributed by atoms with E-state index in [-0.39, 0.29) is 12.0 Å². The van der Waals surface area contributed by atoms with Gasteiger partial charge in [0.25, 0.3) is 0 Å². The largest absolute Gasteiger partial charge is 0.493 e. The lowest BCUT2D eigenvalue weighted by molar-refractivity contribution is -0.951. The maximum atomic E-state index is 12.2. The molecule has 0 aliphatic carbocycles. The van der Waals surface area contributed by atoms with E-state index in [0.717, 1.165) is 66.9 Å². The van der Waals surface area contributed by atoms with Crippen LogP contribution in [-0.4, -0.2) is 70.6 Å². The molecule has 0 unspecified atom stereocenters. The summed E-state index contributed by atoms with van der Waals surface area (Å²) in [5, 5.41) is 1.91. The summed E-state index contributed by atoms with van der Waals surface area (Å²) >= 11 is 0. The zero-order valence-electron chi connectivity index (χ0n) is 25.1. The summed E-state index contributed by atoms with van der Waals surface area (Å²) in [6.07, 6.45) is 4.94. The van der Waals surface area contributed by atoms with Crippen molar-refractivity contribution < 1.29 is 33.1 Å². The molecule has 40 heavy (non-hydrogen) atoms. The van der Waals surface area contributed by atoms with Crippen LogP contribution >= 0.6 is 0 Å². The number of fused-ring (bicyclic) bond motifs is 4. The highest BCUT2D eigenvalue weighted by Crippen LogP contribution is 2.51. The molecule has 3 aliphatic heterocycles. The molecule has 218 valence electrons. The molecule has 1 saturated heterocycles. The molecule has 5 atom stereocenters. The van der Waals surface area contributed by atoms with Crippen molar-refractivity contribution in [2.45, 2.75) is 58.0 Å². The number of benzene rings is 2. The van der Waals surface area contributed by atoms with Crippen LogP contribution in [0.25, 0.3) is 0 Å². The van der Waals surface area contributed by atoms with Crippen LogP contribution in [0.4, 0.5) is 0 Å². The minimum Gasteiger partial charge on any atom is -0.493 e. The number of piperidine rings is 1. The highest BCUT2D eigenvalue weighted by molar-refractivity contribution is 5.65. The number of hydrogen-bond acceptors (Lipinski definition) is 7. The van der Waals surface area contributed by atoms with Gasteiger partial charge in [-0.25, -0.2) is 0 Å². The molecule has 0 bridgehead atoms. The Labute approximate surface area is 238 Å². The molecule has 5 rings (SSSR count). The molecule has 3 heterocycles. The van der Waals surface area contributed by atoms with E-state index in [1.807, 2.05) is 5.06 Å². The van der Waals surface area contributed by atoms with E-state index in [1.165, 1.54) is 29.2 Å². The van der Waals surface area contributed by atoms with E-state index in [4.69, 9.17) is 23.8 Å². The molecular weight excluding hydrogens is 508 g/mol. The van der Waals surface area contributed by atoms with Gasteiger partial charge in [-0.05, 0) is 66.1 Å². The highest BCUT2D eigenvalue weighted by Gasteiger charge is 2.49. The van der Waals surface area contributed by atoms with Crippen molar-refractivity contribution in [2.24, 2.45) is 11.8 Å². The van der Waals surface area contributed by atoms with Crippen molar-refractivity contribution in [3.05, 3.63) is 46.5 Å². The van der Waals surface area contributed by atoms with Crippen LogP contribution in [0.2, 0.25) is 0 Å². The van der Waals surface area contributed by atoms with Gasteiger partial charge in [0, 0.05) is 37.8 Å². The Bertz CT molecular complexity index is 1250. The number of hydroxylamine groups is 2. The van der Waals surface area contributed by atoms with Crippen molar-refractivity contribution in [2.75, 3.05) is 55.1 Å². The number of hydrogen-bond donors (Lipinski definition) is 0. The topological polar surface area (TPSA) is 66.5 Å². The van der Waals surface area contributed by atoms with Crippen molar-refractivity contribution in [1.82, 2.24) is 5.06 Å². The Morgan fingerprint density at radius 1 is 0.875 bits per heavy atom. The number of carbonyl (C=O) groups is 1. The van der Waals surface area contributed by atoms with Crippen LogP contribution in [0.5, 0.6) is 23.0 Å². The van der Waals surface area contributed by atoms with Gasteiger partial charge in [0.15, 0.2) is 23.0 Å². The summed E-state index contributed by atoms with van der Waals surface area (Å²) < 4.78 is 23.7. The number of carbonyl (C=O) groups excluding carboxylic acids is 1. The van der Waals surface area contributed by atoms with Crippen LogP contribution in [0.3, 0.4) is 0 Å². The van der Waals surface area contributed by atoms with Gasteiger partial charge >= 0.3 is 5.97 Å². The van der Waals surface area contributed by atoms with Gasteiger partial charge in [-0.15, -0.1) is 5.06 Å². The zero-order chi connectivity index (χ0) is 28.6. The van der Waals surface area contributed by atoms with E-state index < -0.39 is 0 Å². The van der Waals surface area contributed by atoms with E-state index in [1.54, 1.807) is 28.4 Å². The first kappa shape index (κ1) is 28.6. The van der Waals surface area contributed by atoms with Crippen LogP contribution in [-0.2, 0) is 22.5 Å². The maximum absolute atomic E-state index is 12.2. The normalized spacial score (nSPS) is 27.6. The summed E-state index contributed by atoms with van der Waals surface area (Å²) in [6, 6.07) is 8.92. The van der Waals surface area contributed by atoms with Crippen LogP contribution in [0, 0.1) is 11.8 Å². The van der Waals surface area contributed by atoms with Gasteiger partial charge in [-0.3, -0.25) is 4.79 Å². The van der Waals surface area contributed by atoms with Gasteiger partial charge in [-0.1, -0.05) is 6.92 Å². The molecule has 0 radical (unpaired) electrons. The summed E-state index contributed by atoms with van der Waals surface area (Å²) in [7, 11) is 9.19. The van der Waals surface area contributed by atoms with E-state index in [2.05, 4.69) is 38.2 Å². The molecule has 1 fully saturated rings. The molecule has 0 aromatic heterocycles. The fourth-order valence-electron chi connectivity index (χ4n) is 7.66. The lowest BCUT2D eigenvalue weighted by Gasteiger charge is -2.54. The molecular formula is C32H45N2O6+. The number of ether oxygens (including phenoxy) is 4. The second kappa shape index (κ2) is 11.5. The Hall–Kier alpha value is -2.97. The third-order valence-electron chi connectivity index (χ3n) is 9.74. The molecule has 0 spiro atoms. The third-order valence-corrected chi connectivity index (χ3v) is 9.74. The van der Waals surface area contributed by atoms with E-state index >= 15 is 0 Å². The predicted octanol–water partition coefficient (Wildman–Crippen LogP) is 5.28. The summed E-state index contributed by atoms with van der Waals surface area (Å²) in [5.74, 6) is 3.80. The van der Waals surface area contributed by atoms with Crippen LogP contribution in [0.1, 0.15) is 67.4 Å². The minimum atomic E-state index is -0.281. The Morgan fingerprint density at radius 2 is 1.45 bits per heavy atom. The zero-order valence-corrected chi connectivity index (χ0v) is 25.1. The average molecular weight is 554 g/mol. The number of rotatable bonds is 8. The fraction of sp³-hybridized carbons (Fsp3) is 0.594. The maximum Gasteiger partial charge on any atom is 0.322 e. The van der Waals surface area contributed by atoms with Crippen molar-refractivity contribution in [1.29, 1.82) is 0 Å². The molecule has 2 aromatic carbocycles. The third kappa shape index (κ3) is 5.12. The van der Waals surface area contributed by atoms with E-state index in [9.17, 15) is 4.79 Å². The monoisotopic (exact) mass is 553 g/mol. The first-order valence-electron chi connectivity index (χ1n) is 14.5. The lowest BCUT2D eigenvalue weighted by atomic mass is 9.71. The smallest absolute Gasteiger partial charge is 0.322 e. The second-order valence-electron chi connectivity index (χ2n) is 11.9. The quantitative estimate of drug-likeness (QED) is 0.412. The molecule has 8 heteroatoms. The van der Waals surface area contributed by atoms with Crippen molar-refractivity contribution in [3.63, 3.8) is 0 Å². The Morgan fingerprint density at radius 3 is 2.02 bits per heavy atom. The summed E-state index contributed by atoms with van der Waals surface area (Å²) in [4.78, 5) is 18.0. The predicted molar refractivity (Wildman–Crippen MR) is 153 cm³/mol. The van der Waals surface area contributed by atoms with Gasteiger partial charge < -0.3 is 28.3 Å². The SMILES string of the molecule is CC[C@@H]1C[N@+]2(C)CCc3cc(OC)c(OC)cc3[C@@H]2C[C@H]1C[C@H]1c2cc(OC)c(OC)cc2CCN1OC(C)=O. The van der Waals surface area contributed by atoms with Gasteiger partial charge in [-0.2, -0.15) is 0 Å². The molecule has 3 aliphatic rings. The lowest BCUT2D eigenvalue weighted by Crippen LogP contribution is -2.58.